The minimum Gasteiger partial charge on any atom is -0.123 e. The molecule has 1 heteroatoms. The Kier molecular flexibility index (Phi) is 13.6. The monoisotopic (exact) mass is 246 g/mol. The maximum atomic E-state index is 6.08. The molecule has 0 fully saturated rings. The summed E-state index contributed by atoms with van der Waals surface area (Å²) in [5, 5.41) is 0.425. The average Bonchev–Trinajstić information content (AvgIpc) is 2.31. The molecular weight excluding hydrogens is 216 g/mol. The van der Waals surface area contributed by atoms with Gasteiger partial charge in [0.05, 0.1) is 0 Å². The summed E-state index contributed by atoms with van der Waals surface area (Å²) >= 11 is 6.08. The van der Waals surface area contributed by atoms with Gasteiger partial charge in [-0.25, -0.2) is 0 Å². The Hall–Kier alpha value is 0.290. The van der Waals surface area contributed by atoms with Crippen LogP contribution in [0.25, 0.3) is 0 Å². The van der Waals surface area contributed by atoms with Gasteiger partial charge in [0, 0.05) is 5.38 Å². The van der Waals surface area contributed by atoms with E-state index < -0.39 is 0 Å². The van der Waals surface area contributed by atoms with Crippen molar-refractivity contribution in [1.82, 2.24) is 0 Å². The molecule has 0 nitrogen and oxygen atoms in total. The highest BCUT2D eigenvalue weighted by atomic mass is 35.5. The molecule has 0 aliphatic carbocycles. The van der Waals surface area contributed by atoms with Crippen molar-refractivity contribution in [2.24, 2.45) is 0 Å². The van der Waals surface area contributed by atoms with Gasteiger partial charge in [0.25, 0.3) is 0 Å². The zero-order valence-electron chi connectivity index (χ0n) is 11.4. The molecule has 0 heterocycles. The second-order valence-corrected chi connectivity index (χ2v) is 5.59. The number of halogens is 1. The number of rotatable bonds is 12. The predicted molar refractivity (Wildman–Crippen MR) is 76.4 cm³/mol. The molecule has 0 rings (SSSR count). The Balaban J connectivity index is 2.93. The summed E-state index contributed by atoms with van der Waals surface area (Å²) in [5.74, 6) is 0. The molecule has 0 bridgehead atoms. The van der Waals surface area contributed by atoms with Crippen LogP contribution in [0.5, 0.6) is 0 Å². The molecule has 0 saturated carbocycles. The molecule has 0 aliphatic rings. The summed E-state index contributed by atoms with van der Waals surface area (Å²) in [6.07, 6.45) is 16.5. The van der Waals surface area contributed by atoms with Crippen molar-refractivity contribution in [3.63, 3.8) is 0 Å². The molecule has 0 aromatic heterocycles. The second kappa shape index (κ2) is 13.4. The third kappa shape index (κ3) is 12.4. The Morgan fingerprint density at radius 1 is 0.688 bits per heavy atom. The van der Waals surface area contributed by atoms with Crippen LogP contribution in [0.15, 0.2) is 0 Å². The summed E-state index contributed by atoms with van der Waals surface area (Å²) in [4.78, 5) is 0. The maximum Gasteiger partial charge on any atom is 0.0333 e. The van der Waals surface area contributed by atoms with Crippen molar-refractivity contribution in [3.8, 4) is 0 Å². The second-order valence-electron chi connectivity index (χ2n) is 4.98. The smallest absolute Gasteiger partial charge is 0.0333 e. The lowest BCUT2D eigenvalue weighted by Gasteiger charge is -2.05. The molecule has 0 saturated heterocycles. The van der Waals surface area contributed by atoms with E-state index in [9.17, 15) is 0 Å². The van der Waals surface area contributed by atoms with Crippen LogP contribution >= 0.6 is 11.6 Å². The number of hydrogen-bond acceptors (Lipinski definition) is 0. The lowest BCUT2D eigenvalue weighted by molar-refractivity contribution is 0.544. The van der Waals surface area contributed by atoms with Crippen LogP contribution in [0.4, 0.5) is 0 Å². The van der Waals surface area contributed by atoms with Gasteiger partial charge in [-0.3, -0.25) is 0 Å². The van der Waals surface area contributed by atoms with Crippen LogP contribution in [0, 0.1) is 0 Å². The lowest BCUT2D eigenvalue weighted by atomic mass is 10.0. The fourth-order valence-corrected chi connectivity index (χ4v) is 2.21. The van der Waals surface area contributed by atoms with E-state index in [0.29, 0.717) is 5.38 Å². The molecule has 16 heavy (non-hydrogen) atoms. The van der Waals surface area contributed by atoms with Crippen molar-refractivity contribution in [2.45, 2.75) is 96.3 Å². The molecule has 0 amide bonds. The number of hydrogen-bond donors (Lipinski definition) is 0. The normalized spacial score (nSPS) is 12.9. The summed E-state index contributed by atoms with van der Waals surface area (Å²) < 4.78 is 0. The summed E-state index contributed by atoms with van der Waals surface area (Å²) in [6, 6.07) is 0. The number of alkyl halides is 1. The van der Waals surface area contributed by atoms with Crippen molar-refractivity contribution >= 4 is 11.6 Å². The van der Waals surface area contributed by atoms with Gasteiger partial charge in [0.2, 0.25) is 0 Å². The standard InChI is InChI=1S/C15H31Cl/c1-3-5-6-7-8-9-10-11-12-13-14-15(16)4-2/h15H,3-14H2,1-2H3. The molecule has 0 N–H and O–H groups in total. The van der Waals surface area contributed by atoms with Crippen molar-refractivity contribution in [3.05, 3.63) is 0 Å². The quantitative estimate of drug-likeness (QED) is 0.279. The maximum absolute atomic E-state index is 6.08. The highest BCUT2D eigenvalue weighted by Crippen LogP contribution is 2.14. The molecule has 1 unspecified atom stereocenters. The average molecular weight is 247 g/mol. The molecule has 98 valence electrons. The van der Waals surface area contributed by atoms with Gasteiger partial charge < -0.3 is 0 Å². The Bertz CT molecular complexity index is 123. The number of unbranched alkanes of at least 4 members (excludes halogenated alkanes) is 9. The first-order chi connectivity index (χ1) is 7.81. The Morgan fingerprint density at radius 2 is 1.12 bits per heavy atom. The van der Waals surface area contributed by atoms with E-state index in [1.165, 1.54) is 70.6 Å². The third-order valence-corrected chi connectivity index (χ3v) is 3.84. The van der Waals surface area contributed by atoms with E-state index in [-0.39, 0.29) is 0 Å². The highest BCUT2D eigenvalue weighted by Gasteiger charge is 1.99. The summed E-state index contributed by atoms with van der Waals surface area (Å²) in [7, 11) is 0. The first-order valence-electron chi connectivity index (χ1n) is 7.45. The van der Waals surface area contributed by atoms with Crippen LogP contribution in [-0.4, -0.2) is 5.38 Å². The molecule has 0 aromatic carbocycles. The fraction of sp³-hybridized carbons (Fsp3) is 1.00. The molecule has 0 aliphatic heterocycles. The van der Waals surface area contributed by atoms with Crippen molar-refractivity contribution < 1.29 is 0 Å². The van der Waals surface area contributed by atoms with E-state index in [1.807, 2.05) is 0 Å². The lowest BCUT2D eigenvalue weighted by Crippen LogP contribution is -1.95. The van der Waals surface area contributed by atoms with Gasteiger partial charge in [-0.2, -0.15) is 0 Å². The minimum absolute atomic E-state index is 0.425. The zero-order valence-corrected chi connectivity index (χ0v) is 12.2. The van der Waals surface area contributed by atoms with Crippen molar-refractivity contribution in [2.75, 3.05) is 0 Å². The molecular formula is C15H31Cl. The van der Waals surface area contributed by atoms with Crippen LogP contribution in [0.1, 0.15) is 90.9 Å². The largest absolute Gasteiger partial charge is 0.123 e. The highest BCUT2D eigenvalue weighted by molar-refractivity contribution is 6.20. The van der Waals surface area contributed by atoms with E-state index in [2.05, 4.69) is 13.8 Å². The molecule has 0 radical (unpaired) electrons. The Labute approximate surface area is 108 Å². The van der Waals surface area contributed by atoms with Gasteiger partial charge in [0.15, 0.2) is 0 Å². The van der Waals surface area contributed by atoms with Gasteiger partial charge in [-0.15, -0.1) is 11.6 Å². The first-order valence-corrected chi connectivity index (χ1v) is 7.89. The van der Waals surface area contributed by atoms with E-state index in [4.69, 9.17) is 11.6 Å². The first kappa shape index (κ1) is 16.3. The van der Waals surface area contributed by atoms with E-state index in [1.54, 1.807) is 0 Å². The van der Waals surface area contributed by atoms with Crippen LogP contribution in [0.2, 0.25) is 0 Å². The SMILES string of the molecule is CCCCCCCCCCCCC(Cl)CC. The summed E-state index contributed by atoms with van der Waals surface area (Å²) in [6.45, 7) is 4.45. The predicted octanol–water partition coefficient (Wildman–Crippen LogP) is 6.31. The molecule has 0 spiro atoms. The van der Waals surface area contributed by atoms with E-state index >= 15 is 0 Å². The molecule has 1 atom stereocenters. The van der Waals surface area contributed by atoms with Gasteiger partial charge >= 0.3 is 0 Å². The Morgan fingerprint density at radius 3 is 1.56 bits per heavy atom. The van der Waals surface area contributed by atoms with Crippen LogP contribution in [0.3, 0.4) is 0 Å². The van der Waals surface area contributed by atoms with Gasteiger partial charge in [-0.1, -0.05) is 78.1 Å². The van der Waals surface area contributed by atoms with Crippen molar-refractivity contribution in [1.29, 1.82) is 0 Å². The van der Waals surface area contributed by atoms with E-state index in [0.717, 1.165) is 6.42 Å². The topological polar surface area (TPSA) is 0 Å². The van der Waals surface area contributed by atoms with Crippen LogP contribution in [-0.2, 0) is 0 Å². The van der Waals surface area contributed by atoms with Gasteiger partial charge in [0.1, 0.15) is 0 Å². The summed E-state index contributed by atoms with van der Waals surface area (Å²) in [5.41, 5.74) is 0. The minimum atomic E-state index is 0.425. The molecule has 0 aromatic rings. The van der Waals surface area contributed by atoms with Gasteiger partial charge in [-0.05, 0) is 12.8 Å². The zero-order chi connectivity index (χ0) is 12.1. The third-order valence-electron chi connectivity index (χ3n) is 3.31. The fourth-order valence-electron chi connectivity index (χ4n) is 2.06. The van der Waals surface area contributed by atoms with Crippen LogP contribution < -0.4 is 0 Å².